The summed E-state index contributed by atoms with van der Waals surface area (Å²) in [5, 5.41) is 24.0. The number of halogens is 4. The molecule has 1 saturated carbocycles. The SMILES string of the molecule is C[C@]1(C(=O)N2CC(O)C2)COc2c1cc(C(O)(CNC(=O)c1cc(OC3CC3)c3ncccc3c1)C(F)(F)F)nc2-c1ccc(F)cc1. The van der Waals surface area contributed by atoms with E-state index >= 15 is 0 Å². The largest absolute Gasteiger partial charge is 0.489 e. The average Bonchev–Trinajstić information content (AvgIpc) is 3.80. The van der Waals surface area contributed by atoms with Crippen molar-refractivity contribution in [1.82, 2.24) is 20.2 Å². The molecule has 0 spiro atoms. The lowest BCUT2D eigenvalue weighted by Gasteiger charge is -2.40. The Hall–Kier alpha value is -4.82. The number of aromatic nitrogens is 2. The van der Waals surface area contributed by atoms with Crippen LogP contribution in [-0.2, 0) is 15.8 Å². The molecule has 250 valence electrons. The van der Waals surface area contributed by atoms with Crippen molar-refractivity contribution in [2.45, 2.75) is 49.2 Å². The van der Waals surface area contributed by atoms with Crippen LogP contribution in [0.2, 0.25) is 0 Å². The summed E-state index contributed by atoms with van der Waals surface area (Å²) in [6.45, 7) is -0.00495. The molecule has 7 rings (SSSR count). The van der Waals surface area contributed by atoms with Gasteiger partial charge in [-0.1, -0.05) is 6.07 Å². The maximum Gasteiger partial charge on any atom is 0.424 e. The van der Waals surface area contributed by atoms with Crippen LogP contribution in [0.15, 0.2) is 60.8 Å². The zero-order chi connectivity index (χ0) is 34.0. The van der Waals surface area contributed by atoms with E-state index in [9.17, 15) is 37.4 Å². The number of hydrogen-bond acceptors (Lipinski definition) is 8. The lowest BCUT2D eigenvalue weighted by atomic mass is 9.80. The van der Waals surface area contributed by atoms with Gasteiger partial charge in [0.25, 0.3) is 5.91 Å². The first kappa shape index (κ1) is 31.8. The van der Waals surface area contributed by atoms with Crippen molar-refractivity contribution < 1.29 is 46.8 Å². The summed E-state index contributed by atoms with van der Waals surface area (Å²) in [7, 11) is 0. The quantitative estimate of drug-likeness (QED) is 0.241. The minimum absolute atomic E-state index is 0.00352. The van der Waals surface area contributed by atoms with Crippen LogP contribution in [0.4, 0.5) is 17.6 Å². The van der Waals surface area contributed by atoms with Crippen LogP contribution in [0.25, 0.3) is 22.2 Å². The number of rotatable bonds is 8. The molecule has 0 radical (unpaired) electrons. The van der Waals surface area contributed by atoms with Crippen molar-refractivity contribution in [1.29, 1.82) is 0 Å². The van der Waals surface area contributed by atoms with E-state index in [1.165, 1.54) is 36.1 Å². The first-order chi connectivity index (χ1) is 22.8. The van der Waals surface area contributed by atoms with Crippen LogP contribution in [0.5, 0.6) is 11.5 Å². The van der Waals surface area contributed by atoms with Crippen molar-refractivity contribution in [3.8, 4) is 22.8 Å². The summed E-state index contributed by atoms with van der Waals surface area (Å²) in [5.41, 5.74) is -5.61. The summed E-state index contributed by atoms with van der Waals surface area (Å²) < 4.78 is 70.4. The molecular weight excluding hydrogens is 636 g/mol. The Bertz CT molecular complexity index is 1930. The molecule has 4 heterocycles. The number of fused-ring (bicyclic) bond motifs is 2. The molecule has 2 fully saturated rings. The Morgan fingerprint density at radius 3 is 2.52 bits per heavy atom. The zero-order valence-electron chi connectivity index (χ0n) is 25.6. The Labute approximate surface area is 271 Å². The maximum absolute atomic E-state index is 14.9. The highest BCUT2D eigenvalue weighted by Crippen LogP contribution is 2.48. The van der Waals surface area contributed by atoms with Crippen molar-refractivity contribution in [3.63, 3.8) is 0 Å². The molecular formula is C34H30F4N4O6. The van der Waals surface area contributed by atoms with Crippen LogP contribution in [-0.4, -0.2) is 81.5 Å². The number of hydrogen-bond donors (Lipinski definition) is 3. The minimum atomic E-state index is -5.36. The van der Waals surface area contributed by atoms with Gasteiger partial charge in [-0.15, -0.1) is 0 Å². The third-order valence-electron chi connectivity index (χ3n) is 8.96. The van der Waals surface area contributed by atoms with Gasteiger partial charge < -0.3 is 29.9 Å². The Morgan fingerprint density at radius 1 is 1.12 bits per heavy atom. The summed E-state index contributed by atoms with van der Waals surface area (Å²) in [5.74, 6) is -1.69. The molecule has 14 heteroatoms. The number of nitrogens with one attached hydrogen (secondary N) is 1. The first-order valence-electron chi connectivity index (χ1n) is 15.3. The fourth-order valence-corrected chi connectivity index (χ4v) is 5.94. The molecule has 1 unspecified atom stereocenters. The van der Waals surface area contributed by atoms with E-state index in [4.69, 9.17) is 9.47 Å². The van der Waals surface area contributed by atoms with E-state index in [1.807, 2.05) is 0 Å². The number of carbonyl (C=O) groups excluding carboxylic acids is 2. The van der Waals surface area contributed by atoms with Gasteiger partial charge in [-0.2, -0.15) is 13.2 Å². The van der Waals surface area contributed by atoms with Crippen molar-refractivity contribution in [2.75, 3.05) is 26.2 Å². The minimum Gasteiger partial charge on any atom is -0.489 e. The number of aliphatic hydroxyl groups is 2. The standard InChI is InChI=1S/C34H30F4N4O6/c1-32(31(45)42-14-22(43)15-42)17-47-29-24(32)13-26(41-28(29)18-4-6-21(35)7-5-18)33(46,34(36,37)38)16-40-30(44)20-11-19-3-2-10-39-27(19)25(12-20)48-23-8-9-23/h2-7,10-13,22-23,43,46H,8-9,14-17H2,1H3,(H,40,44)/t32-,33?/m0/s1. The number of benzene rings is 2. The highest BCUT2D eigenvalue weighted by atomic mass is 19.4. The number of β-amino-alcohol motifs (C(OH)–C–C–N with tert-alkyl or cyclic N) is 1. The number of carbonyl (C=O) groups is 2. The summed E-state index contributed by atoms with van der Waals surface area (Å²) in [6.07, 6.45) is -2.92. The smallest absolute Gasteiger partial charge is 0.424 e. The molecule has 0 bridgehead atoms. The number of likely N-dealkylation sites (tertiary alicyclic amines) is 1. The molecule has 3 N–H and O–H groups in total. The number of alkyl halides is 3. The second-order valence-electron chi connectivity index (χ2n) is 12.6. The second kappa shape index (κ2) is 11.4. The zero-order valence-corrected chi connectivity index (χ0v) is 25.6. The highest BCUT2D eigenvalue weighted by molar-refractivity contribution is 6.00. The molecule has 2 aliphatic heterocycles. The fraction of sp³-hybridized carbons (Fsp3) is 0.353. The van der Waals surface area contributed by atoms with E-state index < -0.39 is 53.2 Å². The maximum atomic E-state index is 14.9. The molecule has 2 atom stereocenters. The number of aliphatic hydroxyl groups excluding tert-OH is 1. The number of pyridine rings is 2. The van der Waals surface area contributed by atoms with Gasteiger partial charge >= 0.3 is 6.18 Å². The Balaban J connectivity index is 1.28. The van der Waals surface area contributed by atoms with Crippen LogP contribution in [0.3, 0.4) is 0 Å². The van der Waals surface area contributed by atoms with Gasteiger partial charge in [0.15, 0.2) is 0 Å². The second-order valence-corrected chi connectivity index (χ2v) is 12.6. The van der Waals surface area contributed by atoms with Crippen molar-refractivity contribution >= 4 is 22.7 Å². The topological polar surface area (TPSA) is 134 Å². The molecule has 3 aliphatic rings. The van der Waals surface area contributed by atoms with E-state index in [0.29, 0.717) is 16.7 Å². The van der Waals surface area contributed by atoms with E-state index in [0.717, 1.165) is 31.0 Å². The normalized spacial score (nSPS) is 20.4. The van der Waals surface area contributed by atoms with Gasteiger partial charge in [-0.05, 0) is 68.3 Å². The molecule has 1 saturated heterocycles. The van der Waals surface area contributed by atoms with E-state index in [2.05, 4.69) is 15.3 Å². The average molecular weight is 667 g/mol. The molecule has 2 aromatic heterocycles. The van der Waals surface area contributed by atoms with Gasteiger partial charge in [0.1, 0.15) is 40.5 Å². The monoisotopic (exact) mass is 666 g/mol. The van der Waals surface area contributed by atoms with Gasteiger partial charge in [0.05, 0.1) is 24.4 Å². The van der Waals surface area contributed by atoms with Gasteiger partial charge in [-0.25, -0.2) is 9.37 Å². The van der Waals surface area contributed by atoms with Gasteiger partial charge in [-0.3, -0.25) is 14.6 Å². The molecule has 1 aliphatic carbocycles. The molecule has 4 aromatic rings. The number of ether oxygens (including phenoxy) is 2. The molecule has 10 nitrogen and oxygen atoms in total. The van der Waals surface area contributed by atoms with Gasteiger partial charge in [0.2, 0.25) is 11.5 Å². The number of nitrogens with zero attached hydrogens (tertiary/aromatic N) is 3. The van der Waals surface area contributed by atoms with Crippen LogP contribution < -0.4 is 14.8 Å². The van der Waals surface area contributed by atoms with Crippen LogP contribution >= 0.6 is 0 Å². The first-order valence-corrected chi connectivity index (χ1v) is 15.3. The van der Waals surface area contributed by atoms with Crippen molar-refractivity contribution in [2.24, 2.45) is 0 Å². The van der Waals surface area contributed by atoms with Gasteiger partial charge in [0, 0.05) is 41.4 Å². The van der Waals surface area contributed by atoms with Crippen LogP contribution in [0.1, 0.15) is 41.4 Å². The lowest BCUT2D eigenvalue weighted by Crippen LogP contribution is -2.59. The summed E-state index contributed by atoms with van der Waals surface area (Å²) in [6, 6.07) is 11.9. The predicted molar refractivity (Wildman–Crippen MR) is 163 cm³/mol. The Morgan fingerprint density at radius 2 is 1.85 bits per heavy atom. The Kier molecular flexibility index (Phi) is 7.55. The van der Waals surface area contributed by atoms with E-state index in [-0.39, 0.29) is 53.9 Å². The summed E-state index contributed by atoms with van der Waals surface area (Å²) in [4.78, 5) is 36.8. The third-order valence-corrected chi connectivity index (χ3v) is 8.96. The molecule has 2 amide bonds. The summed E-state index contributed by atoms with van der Waals surface area (Å²) >= 11 is 0. The predicted octanol–water partition coefficient (Wildman–Crippen LogP) is 4.01. The fourth-order valence-electron chi connectivity index (χ4n) is 5.94. The molecule has 2 aromatic carbocycles. The van der Waals surface area contributed by atoms with Crippen LogP contribution in [0, 0.1) is 5.82 Å². The number of amides is 2. The highest BCUT2D eigenvalue weighted by Gasteiger charge is 2.58. The molecule has 48 heavy (non-hydrogen) atoms. The third kappa shape index (κ3) is 5.48. The lowest BCUT2D eigenvalue weighted by molar-refractivity contribution is -0.265. The van der Waals surface area contributed by atoms with Crippen molar-refractivity contribution in [3.05, 3.63) is 83.4 Å². The van der Waals surface area contributed by atoms with E-state index in [1.54, 1.807) is 18.3 Å².